The van der Waals surface area contributed by atoms with Crippen LogP contribution in [0, 0.1) is 0 Å². The minimum atomic E-state index is -3.22. The number of thiophene rings is 1. The SMILES string of the molecule is CS(=O)(=O)N[C@H]1CCCN(C(=O)c2sccc2C2CC2)C1. The van der Waals surface area contributed by atoms with E-state index in [1.54, 1.807) is 4.90 Å². The van der Waals surface area contributed by atoms with Crippen LogP contribution in [0.15, 0.2) is 11.4 Å². The molecule has 7 heteroatoms. The van der Waals surface area contributed by atoms with Crippen molar-refractivity contribution in [2.75, 3.05) is 19.3 Å². The highest BCUT2D eigenvalue weighted by Crippen LogP contribution is 2.43. The first-order valence-corrected chi connectivity index (χ1v) is 10.0. The topological polar surface area (TPSA) is 66.5 Å². The zero-order valence-electron chi connectivity index (χ0n) is 12.0. The smallest absolute Gasteiger partial charge is 0.264 e. The minimum Gasteiger partial charge on any atom is -0.336 e. The third-order valence-corrected chi connectivity index (χ3v) is 5.68. The normalized spacial score (nSPS) is 23.3. The summed E-state index contributed by atoms with van der Waals surface area (Å²) in [4.78, 5) is 15.3. The van der Waals surface area contributed by atoms with Crippen molar-refractivity contribution in [2.45, 2.75) is 37.6 Å². The number of carbonyl (C=O) groups is 1. The Labute approximate surface area is 129 Å². The number of nitrogens with zero attached hydrogens (tertiary/aromatic N) is 1. The first-order chi connectivity index (χ1) is 9.94. The van der Waals surface area contributed by atoms with Gasteiger partial charge in [-0.05, 0) is 48.6 Å². The minimum absolute atomic E-state index is 0.0619. The van der Waals surface area contributed by atoms with E-state index in [1.165, 1.54) is 29.7 Å². The number of hydrogen-bond donors (Lipinski definition) is 1. The lowest BCUT2D eigenvalue weighted by Gasteiger charge is -2.32. The van der Waals surface area contributed by atoms with Gasteiger partial charge in [-0.25, -0.2) is 13.1 Å². The van der Waals surface area contributed by atoms with Gasteiger partial charge in [0.05, 0.1) is 11.1 Å². The van der Waals surface area contributed by atoms with Crippen LogP contribution in [-0.2, 0) is 10.0 Å². The van der Waals surface area contributed by atoms with E-state index in [9.17, 15) is 13.2 Å². The van der Waals surface area contributed by atoms with Gasteiger partial charge in [0, 0.05) is 19.1 Å². The van der Waals surface area contributed by atoms with E-state index in [0.29, 0.717) is 19.0 Å². The predicted octanol–water partition coefficient (Wildman–Crippen LogP) is 1.78. The lowest BCUT2D eigenvalue weighted by molar-refractivity contribution is 0.0707. The Morgan fingerprint density at radius 1 is 1.38 bits per heavy atom. The fourth-order valence-corrected chi connectivity index (χ4v) is 4.66. The molecular weight excluding hydrogens is 308 g/mol. The molecule has 0 aromatic carbocycles. The molecule has 1 aliphatic carbocycles. The molecule has 2 aliphatic rings. The van der Waals surface area contributed by atoms with Crippen LogP contribution in [0.2, 0.25) is 0 Å². The molecule has 0 spiro atoms. The molecule has 3 rings (SSSR count). The van der Waals surface area contributed by atoms with Gasteiger partial charge in [0.1, 0.15) is 0 Å². The molecule has 1 aliphatic heterocycles. The van der Waals surface area contributed by atoms with Gasteiger partial charge in [-0.15, -0.1) is 11.3 Å². The van der Waals surface area contributed by atoms with Crippen molar-refractivity contribution in [3.8, 4) is 0 Å². The monoisotopic (exact) mass is 328 g/mol. The first kappa shape index (κ1) is 15.0. The summed E-state index contributed by atoms with van der Waals surface area (Å²) in [6.45, 7) is 1.18. The van der Waals surface area contributed by atoms with Gasteiger partial charge in [-0.2, -0.15) is 0 Å². The molecule has 0 unspecified atom stereocenters. The van der Waals surface area contributed by atoms with E-state index in [-0.39, 0.29) is 11.9 Å². The summed E-state index contributed by atoms with van der Waals surface area (Å²) in [5.74, 6) is 0.622. The Kier molecular flexibility index (Phi) is 4.07. The molecule has 2 fully saturated rings. The van der Waals surface area contributed by atoms with Crippen molar-refractivity contribution in [3.63, 3.8) is 0 Å². The van der Waals surface area contributed by atoms with Crippen LogP contribution in [0.25, 0.3) is 0 Å². The Hall–Kier alpha value is -0.920. The van der Waals surface area contributed by atoms with Crippen LogP contribution in [-0.4, -0.2) is 44.6 Å². The van der Waals surface area contributed by atoms with Crippen molar-refractivity contribution < 1.29 is 13.2 Å². The van der Waals surface area contributed by atoms with E-state index in [4.69, 9.17) is 0 Å². The maximum absolute atomic E-state index is 12.7. The summed E-state index contributed by atoms with van der Waals surface area (Å²) >= 11 is 1.50. The molecule has 1 atom stereocenters. The number of likely N-dealkylation sites (tertiary alicyclic amines) is 1. The Morgan fingerprint density at radius 3 is 2.81 bits per heavy atom. The average Bonchev–Trinajstić information content (AvgIpc) is 3.14. The van der Waals surface area contributed by atoms with Gasteiger partial charge in [0.15, 0.2) is 0 Å². The van der Waals surface area contributed by atoms with Crippen LogP contribution in [0.3, 0.4) is 0 Å². The van der Waals surface area contributed by atoms with E-state index >= 15 is 0 Å². The van der Waals surface area contributed by atoms with E-state index in [2.05, 4.69) is 10.8 Å². The van der Waals surface area contributed by atoms with Crippen LogP contribution >= 0.6 is 11.3 Å². The predicted molar refractivity (Wildman–Crippen MR) is 83.2 cm³/mol. The molecule has 0 bridgehead atoms. The zero-order valence-corrected chi connectivity index (χ0v) is 13.7. The molecule has 1 aromatic rings. The van der Waals surface area contributed by atoms with Crippen LogP contribution in [0.5, 0.6) is 0 Å². The quantitative estimate of drug-likeness (QED) is 0.916. The average molecular weight is 328 g/mol. The van der Waals surface area contributed by atoms with Crippen molar-refractivity contribution in [3.05, 3.63) is 21.9 Å². The highest BCUT2D eigenvalue weighted by molar-refractivity contribution is 7.88. The summed E-state index contributed by atoms with van der Waals surface area (Å²) in [6.07, 6.45) is 5.14. The second kappa shape index (κ2) is 5.70. The van der Waals surface area contributed by atoms with Gasteiger partial charge >= 0.3 is 0 Å². The van der Waals surface area contributed by atoms with Gasteiger partial charge in [0.2, 0.25) is 10.0 Å². The molecule has 1 aromatic heterocycles. The summed E-state index contributed by atoms with van der Waals surface area (Å²) in [6, 6.07) is 1.90. The molecule has 1 saturated carbocycles. The second-order valence-electron chi connectivity index (χ2n) is 5.96. The van der Waals surface area contributed by atoms with Gasteiger partial charge < -0.3 is 4.90 Å². The molecule has 1 saturated heterocycles. The Balaban J connectivity index is 1.70. The largest absolute Gasteiger partial charge is 0.336 e. The van der Waals surface area contributed by atoms with E-state index in [1.807, 2.05) is 5.38 Å². The van der Waals surface area contributed by atoms with E-state index < -0.39 is 10.0 Å². The van der Waals surface area contributed by atoms with E-state index in [0.717, 1.165) is 24.0 Å². The standard InChI is InChI=1S/C14H20N2O3S2/c1-21(18,19)15-11-3-2-7-16(9-11)14(17)13-12(6-8-20-13)10-4-5-10/h6,8,10-11,15H,2-5,7,9H2,1H3/t11-/m0/s1. The van der Waals surface area contributed by atoms with Crippen molar-refractivity contribution in [1.82, 2.24) is 9.62 Å². The molecule has 2 heterocycles. The van der Waals surface area contributed by atoms with Crippen LogP contribution < -0.4 is 4.72 Å². The summed E-state index contributed by atoms with van der Waals surface area (Å²) in [5.41, 5.74) is 1.18. The van der Waals surface area contributed by atoms with Crippen molar-refractivity contribution >= 4 is 27.3 Å². The lowest BCUT2D eigenvalue weighted by Crippen LogP contribution is -2.49. The zero-order chi connectivity index (χ0) is 15.0. The molecular formula is C14H20N2O3S2. The number of sulfonamides is 1. The maximum atomic E-state index is 12.7. The molecule has 5 nitrogen and oxygen atoms in total. The highest BCUT2D eigenvalue weighted by Gasteiger charge is 2.32. The Bertz CT molecular complexity index is 634. The first-order valence-electron chi connectivity index (χ1n) is 7.28. The van der Waals surface area contributed by atoms with Crippen molar-refractivity contribution in [2.24, 2.45) is 0 Å². The number of hydrogen-bond acceptors (Lipinski definition) is 4. The van der Waals surface area contributed by atoms with Crippen LogP contribution in [0.4, 0.5) is 0 Å². The molecule has 21 heavy (non-hydrogen) atoms. The highest BCUT2D eigenvalue weighted by atomic mass is 32.2. The number of amides is 1. The summed E-state index contributed by atoms with van der Waals surface area (Å²) < 4.78 is 25.3. The van der Waals surface area contributed by atoms with Crippen molar-refractivity contribution in [1.29, 1.82) is 0 Å². The summed E-state index contributed by atoms with van der Waals surface area (Å²) in [5, 5.41) is 1.98. The van der Waals surface area contributed by atoms with Crippen LogP contribution in [0.1, 0.15) is 46.8 Å². The maximum Gasteiger partial charge on any atom is 0.264 e. The number of piperidine rings is 1. The molecule has 1 amide bonds. The fraction of sp³-hybridized carbons (Fsp3) is 0.643. The number of rotatable bonds is 4. The molecule has 0 radical (unpaired) electrons. The Morgan fingerprint density at radius 2 is 2.14 bits per heavy atom. The number of nitrogens with one attached hydrogen (secondary N) is 1. The van der Waals surface area contributed by atoms with Gasteiger partial charge in [0.25, 0.3) is 5.91 Å². The summed E-state index contributed by atoms with van der Waals surface area (Å²) in [7, 11) is -3.22. The second-order valence-corrected chi connectivity index (χ2v) is 8.66. The lowest BCUT2D eigenvalue weighted by atomic mass is 10.1. The molecule has 116 valence electrons. The third kappa shape index (κ3) is 3.64. The van der Waals surface area contributed by atoms with Gasteiger partial charge in [-0.3, -0.25) is 4.79 Å². The number of carbonyl (C=O) groups excluding carboxylic acids is 1. The third-order valence-electron chi connectivity index (χ3n) is 4.00. The molecule has 1 N–H and O–H groups in total. The fourth-order valence-electron chi connectivity index (χ4n) is 2.91. The van der Waals surface area contributed by atoms with Gasteiger partial charge in [-0.1, -0.05) is 0 Å².